The van der Waals surface area contributed by atoms with E-state index in [0.717, 1.165) is 6.42 Å². The molecule has 0 aliphatic carbocycles. The Bertz CT molecular complexity index is 610. The summed E-state index contributed by atoms with van der Waals surface area (Å²) >= 11 is 0. The Morgan fingerprint density at radius 2 is 2.40 bits per heavy atom. The molecular formula is C13H17N3O3S. The molecule has 0 spiro atoms. The monoisotopic (exact) mass is 295 g/mol. The SMILES string of the molecule is CCOCC1CCN(S(=O)(=O)c2cccnc2C#N)C1. The van der Waals surface area contributed by atoms with E-state index in [1.807, 2.05) is 13.0 Å². The van der Waals surface area contributed by atoms with Gasteiger partial charge in [0.2, 0.25) is 10.0 Å². The molecule has 7 heteroatoms. The van der Waals surface area contributed by atoms with Crippen molar-refractivity contribution in [1.82, 2.24) is 9.29 Å². The third kappa shape index (κ3) is 2.98. The Kier molecular flexibility index (Phi) is 4.70. The summed E-state index contributed by atoms with van der Waals surface area (Å²) in [6, 6.07) is 4.79. The smallest absolute Gasteiger partial charge is 0.245 e. The van der Waals surface area contributed by atoms with E-state index in [0.29, 0.717) is 26.3 Å². The predicted octanol–water partition coefficient (Wildman–Crippen LogP) is 1.00. The van der Waals surface area contributed by atoms with Crippen LogP contribution in [0.3, 0.4) is 0 Å². The van der Waals surface area contributed by atoms with E-state index in [1.165, 1.54) is 22.6 Å². The van der Waals surface area contributed by atoms with Crippen LogP contribution >= 0.6 is 0 Å². The van der Waals surface area contributed by atoms with Crippen molar-refractivity contribution in [3.8, 4) is 6.07 Å². The third-order valence-corrected chi connectivity index (χ3v) is 5.20. The normalized spacial score (nSPS) is 19.9. The highest BCUT2D eigenvalue weighted by atomic mass is 32.2. The molecule has 1 atom stereocenters. The molecule has 1 saturated heterocycles. The summed E-state index contributed by atoms with van der Waals surface area (Å²) in [4.78, 5) is 3.80. The van der Waals surface area contributed by atoms with Crippen LogP contribution in [0.4, 0.5) is 0 Å². The van der Waals surface area contributed by atoms with Crippen LogP contribution in [0.2, 0.25) is 0 Å². The number of sulfonamides is 1. The van der Waals surface area contributed by atoms with E-state index in [4.69, 9.17) is 10.00 Å². The molecule has 20 heavy (non-hydrogen) atoms. The van der Waals surface area contributed by atoms with Crippen LogP contribution in [-0.2, 0) is 14.8 Å². The van der Waals surface area contributed by atoms with Gasteiger partial charge in [-0.2, -0.15) is 9.57 Å². The van der Waals surface area contributed by atoms with Crippen molar-refractivity contribution in [2.24, 2.45) is 5.92 Å². The molecule has 1 fully saturated rings. The summed E-state index contributed by atoms with van der Waals surface area (Å²) in [5.74, 6) is 0.215. The number of nitrogens with zero attached hydrogens (tertiary/aromatic N) is 3. The second-order valence-electron chi connectivity index (χ2n) is 4.64. The van der Waals surface area contributed by atoms with E-state index in [1.54, 1.807) is 0 Å². The van der Waals surface area contributed by atoms with Crippen molar-refractivity contribution in [3.63, 3.8) is 0 Å². The van der Waals surface area contributed by atoms with Gasteiger partial charge in [0.05, 0.1) is 6.61 Å². The van der Waals surface area contributed by atoms with Gasteiger partial charge in [0, 0.05) is 25.9 Å². The molecule has 0 amide bonds. The molecule has 0 bridgehead atoms. The predicted molar refractivity (Wildman–Crippen MR) is 72.3 cm³/mol. The first-order valence-electron chi connectivity index (χ1n) is 6.52. The van der Waals surface area contributed by atoms with Crippen LogP contribution in [-0.4, -0.2) is 44.0 Å². The molecule has 2 heterocycles. The molecule has 1 aromatic rings. The van der Waals surface area contributed by atoms with Gasteiger partial charge in [-0.25, -0.2) is 13.4 Å². The fourth-order valence-electron chi connectivity index (χ4n) is 2.26. The maximum Gasteiger partial charge on any atom is 0.245 e. The number of nitriles is 1. The maximum absolute atomic E-state index is 12.5. The number of hydrogen-bond donors (Lipinski definition) is 0. The Labute approximate surface area is 119 Å². The molecule has 2 rings (SSSR count). The topological polar surface area (TPSA) is 83.3 Å². The summed E-state index contributed by atoms with van der Waals surface area (Å²) in [6.45, 7) is 4.01. The first kappa shape index (κ1) is 14.9. The highest BCUT2D eigenvalue weighted by Crippen LogP contribution is 2.25. The lowest BCUT2D eigenvalue weighted by molar-refractivity contribution is 0.115. The summed E-state index contributed by atoms with van der Waals surface area (Å²) in [5.41, 5.74) is -0.0549. The standard InChI is InChI=1S/C13H17N3O3S/c1-2-19-10-11-5-7-16(9-11)20(17,18)13-4-3-6-15-12(13)8-14/h3-4,6,11H,2,5,7,9-10H2,1H3. The number of hydrogen-bond acceptors (Lipinski definition) is 5. The summed E-state index contributed by atoms with van der Waals surface area (Å²) in [6.07, 6.45) is 2.20. The minimum Gasteiger partial charge on any atom is -0.381 e. The molecule has 1 aliphatic rings. The zero-order chi connectivity index (χ0) is 14.6. The lowest BCUT2D eigenvalue weighted by Gasteiger charge is -2.17. The Balaban J connectivity index is 2.18. The Morgan fingerprint density at radius 3 is 3.10 bits per heavy atom. The van der Waals surface area contributed by atoms with Gasteiger partial charge in [0.15, 0.2) is 5.69 Å². The van der Waals surface area contributed by atoms with E-state index in [2.05, 4.69) is 4.98 Å². The van der Waals surface area contributed by atoms with Gasteiger partial charge in [0.25, 0.3) is 0 Å². The lowest BCUT2D eigenvalue weighted by atomic mass is 10.1. The minimum absolute atomic E-state index is 0.0143. The maximum atomic E-state index is 12.5. The van der Waals surface area contributed by atoms with E-state index >= 15 is 0 Å². The van der Waals surface area contributed by atoms with Crippen molar-refractivity contribution in [3.05, 3.63) is 24.0 Å². The molecule has 1 unspecified atom stereocenters. The third-order valence-electron chi connectivity index (χ3n) is 3.30. The van der Waals surface area contributed by atoms with Gasteiger partial charge in [0.1, 0.15) is 11.0 Å². The molecule has 1 aliphatic heterocycles. The number of aromatic nitrogens is 1. The van der Waals surface area contributed by atoms with Crippen LogP contribution in [0, 0.1) is 17.2 Å². The zero-order valence-electron chi connectivity index (χ0n) is 11.3. The molecule has 0 N–H and O–H groups in total. The van der Waals surface area contributed by atoms with Gasteiger partial charge in [-0.05, 0) is 31.4 Å². The first-order chi connectivity index (χ1) is 9.59. The average molecular weight is 295 g/mol. The molecule has 1 aromatic heterocycles. The Morgan fingerprint density at radius 1 is 1.60 bits per heavy atom. The van der Waals surface area contributed by atoms with Crippen molar-refractivity contribution < 1.29 is 13.2 Å². The van der Waals surface area contributed by atoms with Crippen LogP contribution in [0.5, 0.6) is 0 Å². The van der Waals surface area contributed by atoms with Crippen LogP contribution in [0.1, 0.15) is 19.0 Å². The van der Waals surface area contributed by atoms with E-state index < -0.39 is 10.0 Å². The minimum atomic E-state index is -3.65. The van der Waals surface area contributed by atoms with E-state index in [-0.39, 0.29) is 16.5 Å². The van der Waals surface area contributed by atoms with Crippen molar-refractivity contribution in [2.45, 2.75) is 18.2 Å². The zero-order valence-corrected chi connectivity index (χ0v) is 12.1. The molecular weight excluding hydrogens is 278 g/mol. The second-order valence-corrected chi connectivity index (χ2v) is 6.55. The fraction of sp³-hybridized carbons (Fsp3) is 0.538. The Hall–Kier alpha value is -1.49. The molecule has 108 valence electrons. The van der Waals surface area contributed by atoms with Crippen molar-refractivity contribution in [2.75, 3.05) is 26.3 Å². The largest absolute Gasteiger partial charge is 0.381 e. The fourth-order valence-corrected chi connectivity index (χ4v) is 3.88. The highest BCUT2D eigenvalue weighted by molar-refractivity contribution is 7.89. The quantitative estimate of drug-likeness (QED) is 0.809. The van der Waals surface area contributed by atoms with Crippen LogP contribution in [0.25, 0.3) is 0 Å². The summed E-state index contributed by atoms with van der Waals surface area (Å²) in [5, 5.41) is 8.98. The van der Waals surface area contributed by atoms with Gasteiger partial charge >= 0.3 is 0 Å². The van der Waals surface area contributed by atoms with Crippen molar-refractivity contribution in [1.29, 1.82) is 5.26 Å². The summed E-state index contributed by atoms with van der Waals surface area (Å²) < 4.78 is 31.8. The van der Waals surface area contributed by atoms with Gasteiger partial charge in [-0.1, -0.05) is 0 Å². The summed E-state index contributed by atoms with van der Waals surface area (Å²) in [7, 11) is -3.65. The van der Waals surface area contributed by atoms with Crippen LogP contribution < -0.4 is 0 Å². The number of ether oxygens (including phenoxy) is 1. The first-order valence-corrected chi connectivity index (χ1v) is 7.96. The number of rotatable bonds is 5. The molecule has 0 radical (unpaired) electrons. The molecule has 0 aromatic carbocycles. The number of pyridine rings is 1. The lowest BCUT2D eigenvalue weighted by Crippen LogP contribution is -2.30. The average Bonchev–Trinajstić information content (AvgIpc) is 2.94. The molecule has 6 nitrogen and oxygen atoms in total. The van der Waals surface area contributed by atoms with Crippen LogP contribution in [0.15, 0.2) is 23.2 Å². The van der Waals surface area contributed by atoms with Gasteiger partial charge in [-0.3, -0.25) is 0 Å². The van der Waals surface area contributed by atoms with Gasteiger partial charge in [-0.15, -0.1) is 0 Å². The van der Waals surface area contributed by atoms with E-state index in [9.17, 15) is 8.42 Å². The van der Waals surface area contributed by atoms with Gasteiger partial charge < -0.3 is 4.74 Å². The van der Waals surface area contributed by atoms with Crippen molar-refractivity contribution >= 4 is 10.0 Å². The highest BCUT2D eigenvalue weighted by Gasteiger charge is 2.34. The molecule has 0 saturated carbocycles. The second kappa shape index (κ2) is 6.31.